The largest absolute Gasteiger partial charge is 0.453 e. The number of nitrogens with two attached hydrogens (primary N) is 1. The van der Waals surface area contributed by atoms with Gasteiger partial charge in [-0.05, 0) is 6.92 Å². The van der Waals surface area contributed by atoms with Gasteiger partial charge >= 0.3 is 6.09 Å². The molecule has 0 bridgehead atoms. The molecule has 0 saturated carbocycles. The van der Waals surface area contributed by atoms with Gasteiger partial charge in [0, 0.05) is 5.70 Å². The summed E-state index contributed by atoms with van der Waals surface area (Å²) in [4.78, 5) is 11.0. The quantitative estimate of drug-likeness (QED) is 0.783. The van der Waals surface area contributed by atoms with Crippen molar-refractivity contribution >= 4 is 6.09 Å². The maximum atomic E-state index is 13.4. The van der Waals surface area contributed by atoms with Crippen molar-refractivity contribution in [1.82, 2.24) is 5.32 Å². The van der Waals surface area contributed by atoms with Crippen molar-refractivity contribution in [2.24, 2.45) is 11.1 Å². The van der Waals surface area contributed by atoms with Crippen molar-refractivity contribution in [2.45, 2.75) is 32.7 Å². The van der Waals surface area contributed by atoms with Gasteiger partial charge in [0.05, 0.1) is 18.6 Å². The number of hydrogen-bond acceptors (Lipinski definition) is 3. The number of amides is 1. The highest BCUT2D eigenvalue weighted by Crippen LogP contribution is 2.40. The first kappa shape index (κ1) is 14.7. The van der Waals surface area contributed by atoms with Crippen LogP contribution in [0.1, 0.15) is 20.8 Å². The van der Waals surface area contributed by atoms with Gasteiger partial charge in [0.25, 0.3) is 5.92 Å². The minimum absolute atomic E-state index is 0.0445. The fraction of sp³-hybridized carbons (Fsp3) is 0.700. The van der Waals surface area contributed by atoms with E-state index in [0.29, 0.717) is 0 Å². The lowest BCUT2D eigenvalue weighted by molar-refractivity contribution is -0.0991. The predicted octanol–water partition coefficient (Wildman–Crippen LogP) is 1.86. The first-order valence-corrected chi connectivity index (χ1v) is 4.70. The predicted molar refractivity (Wildman–Crippen MR) is 57.1 cm³/mol. The van der Waals surface area contributed by atoms with Crippen LogP contribution in [-0.4, -0.2) is 25.2 Å². The molecule has 0 spiro atoms. The standard InChI is InChI=1S/C10H18F2N2O2/c1-6(13)7(14-8(15)16-5)9(2,3)10(4,11)12/h7H,1,13H2,2-5H3,(H,14,15)/t7-/m1/s1. The highest BCUT2D eigenvalue weighted by Gasteiger charge is 2.49. The van der Waals surface area contributed by atoms with Crippen molar-refractivity contribution in [3.8, 4) is 0 Å². The molecule has 0 heterocycles. The van der Waals surface area contributed by atoms with E-state index in [-0.39, 0.29) is 5.70 Å². The van der Waals surface area contributed by atoms with E-state index >= 15 is 0 Å². The number of nitrogens with one attached hydrogen (secondary N) is 1. The molecule has 0 saturated heterocycles. The molecule has 0 aromatic carbocycles. The number of ether oxygens (including phenoxy) is 1. The smallest absolute Gasteiger partial charge is 0.407 e. The fourth-order valence-electron chi connectivity index (χ4n) is 1.17. The van der Waals surface area contributed by atoms with E-state index in [0.717, 1.165) is 14.0 Å². The molecule has 1 amide bonds. The van der Waals surface area contributed by atoms with Crippen LogP contribution < -0.4 is 11.1 Å². The number of carbonyl (C=O) groups is 1. The maximum absolute atomic E-state index is 13.4. The van der Waals surface area contributed by atoms with E-state index in [1.807, 2.05) is 0 Å². The molecule has 0 aliphatic rings. The van der Waals surface area contributed by atoms with Gasteiger partial charge in [-0.2, -0.15) is 0 Å². The molecule has 1 atom stereocenters. The SMILES string of the molecule is C=C(N)[C@@H](NC(=O)OC)C(C)(C)C(C)(F)F. The number of halogens is 2. The van der Waals surface area contributed by atoms with E-state index in [1.54, 1.807) is 0 Å². The Labute approximate surface area is 93.8 Å². The zero-order valence-corrected chi connectivity index (χ0v) is 9.93. The van der Waals surface area contributed by atoms with E-state index in [9.17, 15) is 13.6 Å². The molecule has 0 aromatic heterocycles. The lowest BCUT2D eigenvalue weighted by Crippen LogP contribution is -2.54. The van der Waals surface area contributed by atoms with Crippen LogP contribution in [0.2, 0.25) is 0 Å². The lowest BCUT2D eigenvalue weighted by atomic mass is 9.77. The molecule has 0 aliphatic carbocycles. The summed E-state index contributed by atoms with van der Waals surface area (Å²) < 4.78 is 31.1. The Balaban J connectivity index is 5.07. The topological polar surface area (TPSA) is 64.3 Å². The van der Waals surface area contributed by atoms with Gasteiger partial charge in [-0.1, -0.05) is 20.4 Å². The average Bonchev–Trinajstić information content (AvgIpc) is 2.10. The van der Waals surface area contributed by atoms with Crippen molar-refractivity contribution in [1.29, 1.82) is 0 Å². The maximum Gasteiger partial charge on any atom is 0.407 e. The van der Waals surface area contributed by atoms with Crippen LogP contribution in [0.25, 0.3) is 0 Å². The molecule has 4 nitrogen and oxygen atoms in total. The second kappa shape index (κ2) is 4.67. The molecular weight excluding hydrogens is 218 g/mol. The molecule has 3 N–H and O–H groups in total. The van der Waals surface area contributed by atoms with Crippen molar-refractivity contribution in [3.05, 3.63) is 12.3 Å². The molecule has 0 unspecified atom stereocenters. The number of alkyl halides is 2. The van der Waals surface area contributed by atoms with E-state index < -0.39 is 23.5 Å². The molecule has 0 rings (SSSR count). The minimum Gasteiger partial charge on any atom is -0.453 e. The molecule has 16 heavy (non-hydrogen) atoms. The zero-order chi connectivity index (χ0) is 13.1. The van der Waals surface area contributed by atoms with Gasteiger partial charge in [0.15, 0.2) is 0 Å². The van der Waals surface area contributed by atoms with Gasteiger partial charge in [0.2, 0.25) is 0 Å². The summed E-state index contributed by atoms with van der Waals surface area (Å²) in [7, 11) is 1.14. The number of methoxy groups -OCH3 is 1. The van der Waals surface area contributed by atoms with Gasteiger partial charge < -0.3 is 15.8 Å². The average molecular weight is 236 g/mol. The van der Waals surface area contributed by atoms with Gasteiger partial charge in [-0.25, -0.2) is 13.6 Å². The third-order valence-corrected chi connectivity index (χ3v) is 2.67. The molecule has 94 valence electrons. The van der Waals surface area contributed by atoms with E-state index in [1.165, 1.54) is 13.8 Å². The van der Waals surface area contributed by atoms with Crippen LogP contribution in [0.4, 0.5) is 13.6 Å². The fourth-order valence-corrected chi connectivity index (χ4v) is 1.17. The molecule has 0 aliphatic heterocycles. The summed E-state index contributed by atoms with van der Waals surface area (Å²) >= 11 is 0. The number of hydrogen-bond donors (Lipinski definition) is 2. The summed E-state index contributed by atoms with van der Waals surface area (Å²) in [5.41, 5.74) is 3.82. The number of rotatable bonds is 4. The summed E-state index contributed by atoms with van der Waals surface area (Å²) in [5, 5.41) is 2.25. The molecule has 0 aromatic rings. The Morgan fingerprint density at radius 2 is 1.88 bits per heavy atom. The van der Waals surface area contributed by atoms with Crippen LogP contribution in [0.5, 0.6) is 0 Å². The Morgan fingerprint density at radius 1 is 1.44 bits per heavy atom. The Bertz CT molecular complexity index is 285. The minimum atomic E-state index is -3.03. The van der Waals surface area contributed by atoms with Crippen LogP contribution in [0, 0.1) is 5.41 Å². The third kappa shape index (κ3) is 3.08. The first-order valence-electron chi connectivity index (χ1n) is 4.70. The Hall–Kier alpha value is -1.33. The van der Waals surface area contributed by atoms with Crippen LogP contribution in [0.3, 0.4) is 0 Å². The lowest BCUT2D eigenvalue weighted by Gasteiger charge is -2.38. The highest BCUT2D eigenvalue weighted by atomic mass is 19.3. The van der Waals surface area contributed by atoms with Gasteiger partial charge in [0.1, 0.15) is 0 Å². The van der Waals surface area contributed by atoms with Crippen molar-refractivity contribution in [3.63, 3.8) is 0 Å². The van der Waals surface area contributed by atoms with Gasteiger partial charge in [-0.15, -0.1) is 0 Å². The van der Waals surface area contributed by atoms with E-state index in [4.69, 9.17) is 5.73 Å². The van der Waals surface area contributed by atoms with Gasteiger partial charge in [-0.3, -0.25) is 0 Å². The molecule has 0 radical (unpaired) electrons. The normalized spacial score (nSPS) is 14.1. The Morgan fingerprint density at radius 3 is 2.12 bits per heavy atom. The Kier molecular flexibility index (Phi) is 4.28. The molecule has 0 fully saturated rings. The summed E-state index contributed by atoms with van der Waals surface area (Å²) in [5.74, 6) is -3.03. The van der Waals surface area contributed by atoms with Crippen LogP contribution >= 0.6 is 0 Å². The first-order chi connectivity index (χ1) is 7.04. The number of alkyl carbamates (subject to hydrolysis) is 1. The molecule has 6 heteroatoms. The van der Waals surface area contributed by atoms with Crippen molar-refractivity contribution in [2.75, 3.05) is 7.11 Å². The second-order valence-corrected chi connectivity index (χ2v) is 4.25. The number of carbonyl (C=O) groups excluding carboxylic acids is 1. The zero-order valence-electron chi connectivity index (χ0n) is 9.93. The third-order valence-electron chi connectivity index (χ3n) is 2.67. The summed E-state index contributed by atoms with van der Waals surface area (Å²) in [6.45, 7) is 6.76. The van der Waals surface area contributed by atoms with E-state index in [2.05, 4.69) is 16.6 Å². The van der Waals surface area contributed by atoms with Crippen LogP contribution in [0.15, 0.2) is 12.3 Å². The summed E-state index contributed by atoms with van der Waals surface area (Å²) in [6.07, 6.45) is -0.825. The summed E-state index contributed by atoms with van der Waals surface area (Å²) in [6, 6.07) is -1.07. The van der Waals surface area contributed by atoms with Crippen molar-refractivity contribution < 1.29 is 18.3 Å². The monoisotopic (exact) mass is 236 g/mol. The highest BCUT2D eigenvalue weighted by molar-refractivity contribution is 5.68. The van der Waals surface area contributed by atoms with Crippen LogP contribution in [-0.2, 0) is 4.74 Å². The second-order valence-electron chi connectivity index (χ2n) is 4.25. The molecular formula is C10H18F2N2O2.